The highest BCUT2D eigenvalue weighted by Gasteiger charge is 2.27. The van der Waals surface area contributed by atoms with E-state index < -0.39 is 10.0 Å². The van der Waals surface area contributed by atoms with Gasteiger partial charge in [-0.15, -0.1) is 0 Å². The zero-order valence-corrected chi connectivity index (χ0v) is 17.2. The average Bonchev–Trinajstić information content (AvgIpc) is 3.35. The molecule has 1 fully saturated rings. The molecule has 6 nitrogen and oxygen atoms in total. The number of hydrogen-bond acceptors (Lipinski definition) is 5. The second-order valence-corrected chi connectivity index (χ2v) is 9.57. The van der Waals surface area contributed by atoms with Gasteiger partial charge >= 0.3 is 0 Å². The van der Waals surface area contributed by atoms with Gasteiger partial charge in [0.15, 0.2) is 0 Å². The first kappa shape index (κ1) is 20.0. The number of carbonyl (C=O) groups is 1. The number of thiophene rings is 1. The van der Waals surface area contributed by atoms with Gasteiger partial charge in [-0.3, -0.25) is 9.69 Å². The summed E-state index contributed by atoms with van der Waals surface area (Å²) >= 11 is 1.64. The molecule has 146 valence electrons. The first-order valence-electron chi connectivity index (χ1n) is 9.00. The van der Waals surface area contributed by atoms with Crippen LogP contribution in [0.15, 0.2) is 46.0 Å². The number of nitrogens with zero attached hydrogens (tertiary/aromatic N) is 2. The highest BCUT2D eigenvalue weighted by molar-refractivity contribution is 7.89. The van der Waals surface area contributed by atoms with Gasteiger partial charge in [0.1, 0.15) is 0 Å². The van der Waals surface area contributed by atoms with Crippen LogP contribution in [0, 0.1) is 0 Å². The van der Waals surface area contributed by atoms with E-state index in [0.29, 0.717) is 25.3 Å². The van der Waals surface area contributed by atoms with E-state index in [9.17, 15) is 13.2 Å². The largest absolute Gasteiger partial charge is 0.325 e. The third-order valence-electron chi connectivity index (χ3n) is 4.88. The van der Waals surface area contributed by atoms with Crippen molar-refractivity contribution in [3.05, 3.63) is 46.7 Å². The number of amides is 1. The molecule has 1 amide bonds. The summed E-state index contributed by atoms with van der Waals surface area (Å²) in [4.78, 5) is 14.7. The van der Waals surface area contributed by atoms with E-state index >= 15 is 0 Å². The normalized spacial score (nSPS) is 16.6. The second-order valence-electron chi connectivity index (χ2n) is 6.85. The second kappa shape index (κ2) is 8.52. The number of hydrogen-bond donors (Lipinski definition) is 1. The topological polar surface area (TPSA) is 69.7 Å². The van der Waals surface area contributed by atoms with E-state index in [2.05, 4.69) is 10.7 Å². The number of carbonyl (C=O) groups excluding carboxylic acids is 1. The Morgan fingerprint density at radius 1 is 1.22 bits per heavy atom. The van der Waals surface area contributed by atoms with Crippen LogP contribution in [0.1, 0.15) is 25.3 Å². The van der Waals surface area contributed by atoms with Gasteiger partial charge in [0.05, 0.1) is 10.9 Å². The Morgan fingerprint density at radius 2 is 1.89 bits per heavy atom. The van der Waals surface area contributed by atoms with Crippen molar-refractivity contribution in [1.29, 1.82) is 0 Å². The van der Waals surface area contributed by atoms with Crippen LogP contribution in [-0.4, -0.2) is 49.7 Å². The quantitative estimate of drug-likeness (QED) is 0.766. The predicted octanol–water partition coefficient (Wildman–Crippen LogP) is 2.99. The van der Waals surface area contributed by atoms with Crippen molar-refractivity contribution >= 4 is 33.0 Å². The third-order valence-corrected chi connectivity index (χ3v) is 7.52. The van der Waals surface area contributed by atoms with Crippen molar-refractivity contribution < 1.29 is 13.2 Å². The van der Waals surface area contributed by atoms with E-state index in [4.69, 9.17) is 0 Å². The summed E-state index contributed by atoms with van der Waals surface area (Å²) in [5.41, 5.74) is 1.77. The minimum atomic E-state index is -3.43. The fourth-order valence-corrected chi connectivity index (χ4v) is 5.22. The van der Waals surface area contributed by atoms with Gasteiger partial charge in [-0.05, 0) is 73.5 Å². The molecule has 1 aliphatic rings. The van der Waals surface area contributed by atoms with Gasteiger partial charge in [0.25, 0.3) is 0 Å². The Balaban J connectivity index is 1.61. The van der Waals surface area contributed by atoms with E-state index in [1.54, 1.807) is 35.6 Å². The summed E-state index contributed by atoms with van der Waals surface area (Å²) < 4.78 is 26.6. The number of benzene rings is 1. The maximum atomic E-state index is 12.5. The zero-order valence-electron chi connectivity index (χ0n) is 15.6. The molecule has 1 atom stereocenters. The maximum Gasteiger partial charge on any atom is 0.243 e. The highest BCUT2D eigenvalue weighted by Crippen LogP contribution is 2.22. The van der Waals surface area contributed by atoms with E-state index in [1.165, 1.54) is 9.87 Å². The third kappa shape index (κ3) is 4.76. The lowest BCUT2D eigenvalue weighted by Crippen LogP contribution is -2.39. The van der Waals surface area contributed by atoms with E-state index in [-0.39, 0.29) is 16.8 Å². The molecule has 1 N–H and O–H groups in total. The molecule has 0 bridgehead atoms. The van der Waals surface area contributed by atoms with Crippen molar-refractivity contribution in [3.8, 4) is 0 Å². The molecule has 1 aromatic heterocycles. The number of sulfonamides is 1. The first-order valence-corrected chi connectivity index (χ1v) is 11.4. The van der Waals surface area contributed by atoms with Crippen molar-refractivity contribution in [2.75, 3.05) is 25.5 Å². The molecule has 1 aromatic carbocycles. The Kier molecular flexibility index (Phi) is 6.31. The Morgan fingerprint density at radius 3 is 2.48 bits per heavy atom. The van der Waals surface area contributed by atoms with Crippen LogP contribution in [0.4, 0.5) is 5.69 Å². The van der Waals surface area contributed by atoms with Crippen LogP contribution in [0.25, 0.3) is 0 Å². The molecule has 3 rings (SSSR count). The van der Waals surface area contributed by atoms with Gasteiger partial charge in [-0.2, -0.15) is 15.6 Å². The van der Waals surface area contributed by atoms with Gasteiger partial charge in [0, 0.05) is 25.3 Å². The van der Waals surface area contributed by atoms with Crippen molar-refractivity contribution in [2.45, 2.75) is 37.2 Å². The molecule has 8 heteroatoms. The Labute approximate surface area is 164 Å². The van der Waals surface area contributed by atoms with Gasteiger partial charge < -0.3 is 5.32 Å². The molecule has 0 unspecified atom stereocenters. The minimum Gasteiger partial charge on any atom is -0.325 e. The van der Waals surface area contributed by atoms with E-state index in [1.807, 2.05) is 30.3 Å². The molecule has 27 heavy (non-hydrogen) atoms. The van der Waals surface area contributed by atoms with Crippen LogP contribution in [0.3, 0.4) is 0 Å². The van der Waals surface area contributed by atoms with Gasteiger partial charge in [0.2, 0.25) is 15.9 Å². The number of anilines is 1. The van der Waals surface area contributed by atoms with Crippen molar-refractivity contribution in [2.24, 2.45) is 0 Å². The summed E-state index contributed by atoms with van der Waals surface area (Å²) in [6.45, 7) is 3.71. The lowest BCUT2D eigenvalue weighted by Gasteiger charge is -2.23. The SMILES string of the molecule is C[C@H](C(=O)Nc1ccc(S(=O)(=O)N2CCCC2)cc1)N(C)Cc1ccsc1. The van der Waals surface area contributed by atoms with Crippen LogP contribution < -0.4 is 5.32 Å². The standard InChI is InChI=1S/C19H25N3O3S2/c1-15(21(2)13-16-9-12-26-14-16)19(23)20-17-5-7-18(8-6-17)27(24,25)22-10-3-4-11-22/h5-9,12,14-15H,3-4,10-11,13H2,1-2H3,(H,20,23)/t15-/m1/s1. The van der Waals surface area contributed by atoms with Crippen molar-refractivity contribution in [1.82, 2.24) is 9.21 Å². The van der Waals surface area contributed by atoms with Crippen LogP contribution >= 0.6 is 11.3 Å². The molecule has 2 aromatic rings. The summed E-state index contributed by atoms with van der Waals surface area (Å²) in [7, 11) is -1.52. The van der Waals surface area contributed by atoms with Crippen molar-refractivity contribution in [3.63, 3.8) is 0 Å². The number of rotatable bonds is 7. The molecule has 2 heterocycles. The number of likely N-dealkylation sites (N-methyl/N-ethyl adjacent to an activating group) is 1. The summed E-state index contributed by atoms with van der Waals surface area (Å²) in [6, 6.07) is 8.15. The van der Waals surface area contributed by atoms with Crippen LogP contribution in [0.5, 0.6) is 0 Å². The summed E-state index contributed by atoms with van der Waals surface area (Å²) in [5.74, 6) is -0.122. The molecule has 1 saturated heterocycles. The first-order chi connectivity index (χ1) is 12.9. The van der Waals surface area contributed by atoms with Crippen LogP contribution in [-0.2, 0) is 21.4 Å². The molecule has 0 saturated carbocycles. The molecule has 0 spiro atoms. The maximum absolute atomic E-state index is 12.5. The molecular formula is C19H25N3O3S2. The van der Waals surface area contributed by atoms with Crippen LogP contribution in [0.2, 0.25) is 0 Å². The highest BCUT2D eigenvalue weighted by atomic mass is 32.2. The molecule has 0 radical (unpaired) electrons. The minimum absolute atomic E-state index is 0.122. The lowest BCUT2D eigenvalue weighted by molar-refractivity contribution is -0.120. The molecule has 1 aliphatic heterocycles. The monoisotopic (exact) mass is 407 g/mol. The zero-order chi connectivity index (χ0) is 19.4. The van der Waals surface area contributed by atoms with Gasteiger partial charge in [-0.1, -0.05) is 0 Å². The Hall–Kier alpha value is -1.74. The summed E-state index contributed by atoms with van der Waals surface area (Å²) in [6.07, 6.45) is 1.81. The average molecular weight is 408 g/mol. The smallest absolute Gasteiger partial charge is 0.243 e. The lowest BCUT2D eigenvalue weighted by atomic mass is 10.2. The molecular weight excluding hydrogens is 382 g/mol. The van der Waals surface area contributed by atoms with E-state index in [0.717, 1.165) is 12.8 Å². The predicted molar refractivity (Wildman–Crippen MR) is 108 cm³/mol. The fourth-order valence-electron chi connectivity index (χ4n) is 3.04. The summed E-state index contributed by atoms with van der Waals surface area (Å²) in [5, 5.41) is 6.95. The Bertz CT molecular complexity index is 858. The van der Waals surface area contributed by atoms with Gasteiger partial charge in [-0.25, -0.2) is 8.42 Å². The fraction of sp³-hybridized carbons (Fsp3) is 0.421. The number of nitrogens with one attached hydrogen (secondary N) is 1. The molecule has 0 aliphatic carbocycles.